The number of carboxylic acids is 1. The number of rotatable bonds is 7. The molecule has 1 N–H and O–H groups in total. The van der Waals surface area contributed by atoms with Crippen LogP contribution in [0.4, 0.5) is 0 Å². The van der Waals surface area contributed by atoms with E-state index < -0.39 is 16.0 Å². The lowest BCUT2D eigenvalue weighted by Gasteiger charge is -2.17. The third-order valence-electron chi connectivity index (χ3n) is 2.02. The molecule has 0 aromatic carbocycles. The van der Waals surface area contributed by atoms with Crippen LogP contribution in [0, 0.1) is 17.2 Å². The molecule has 6 nitrogen and oxygen atoms in total. The first-order chi connectivity index (χ1) is 7.29. The van der Waals surface area contributed by atoms with Crippen molar-refractivity contribution in [1.29, 1.82) is 5.26 Å². The van der Waals surface area contributed by atoms with E-state index in [4.69, 9.17) is 10.4 Å². The molecular formula is C9H16N2O4S. The van der Waals surface area contributed by atoms with Gasteiger partial charge in [-0.05, 0) is 13.3 Å². The lowest BCUT2D eigenvalue weighted by molar-refractivity contribution is -0.137. The molecule has 1 unspecified atom stereocenters. The van der Waals surface area contributed by atoms with E-state index in [-0.39, 0.29) is 31.1 Å². The highest BCUT2D eigenvalue weighted by atomic mass is 32.2. The van der Waals surface area contributed by atoms with Crippen molar-refractivity contribution < 1.29 is 18.3 Å². The fourth-order valence-corrected chi connectivity index (χ4v) is 2.37. The molecule has 0 aromatic rings. The number of sulfonamides is 1. The quantitative estimate of drug-likeness (QED) is 0.697. The second-order valence-electron chi connectivity index (χ2n) is 3.62. The van der Waals surface area contributed by atoms with Gasteiger partial charge in [0.05, 0.1) is 17.7 Å². The van der Waals surface area contributed by atoms with Crippen LogP contribution >= 0.6 is 0 Å². The summed E-state index contributed by atoms with van der Waals surface area (Å²) in [7, 11) is -2.05. The van der Waals surface area contributed by atoms with Crippen molar-refractivity contribution in [2.45, 2.75) is 19.8 Å². The van der Waals surface area contributed by atoms with Gasteiger partial charge < -0.3 is 5.11 Å². The van der Waals surface area contributed by atoms with E-state index in [1.807, 2.05) is 6.07 Å². The van der Waals surface area contributed by atoms with Crippen LogP contribution < -0.4 is 0 Å². The zero-order chi connectivity index (χ0) is 12.8. The maximum absolute atomic E-state index is 11.6. The Kier molecular flexibility index (Phi) is 6.00. The smallest absolute Gasteiger partial charge is 0.303 e. The van der Waals surface area contributed by atoms with Crippen molar-refractivity contribution in [3.05, 3.63) is 0 Å². The van der Waals surface area contributed by atoms with Gasteiger partial charge in [0, 0.05) is 20.0 Å². The molecule has 0 aliphatic rings. The van der Waals surface area contributed by atoms with Crippen molar-refractivity contribution in [2.24, 2.45) is 5.92 Å². The van der Waals surface area contributed by atoms with Gasteiger partial charge in [0.25, 0.3) is 0 Å². The lowest BCUT2D eigenvalue weighted by Crippen LogP contribution is -2.32. The molecule has 0 bridgehead atoms. The van der Waals surface area contributed by atoms with Crippen molar-refractivity contribution >= 4 is 16.0 Å². The Balaban J connectivity index is 4.22. The molecule has 0 radical (unpaired) electrons. The summed E-state index contributed by atoms with van der Waals surface area (Å²) in [6.45, 7) is 1.76. The van der Waals surface area contributed by atoms with Crippen LogP contribution in [0.2, 0.25) is 0 Å². The third kappa shape index (κ3) is 5.68. The van der Waals surface area contributed by atoms with Gasteiger partial charge in [0.2, 0.25) is 10.0 Å². The predicted octanol–water partition coefficient (Wildman–Crippen LogP) is 0.272. The van der Waals surface area contributed by atoms with Gasteiger partial charge in [-0.2, -0.15) is 5.26 Å². The van der Waals surface area contributed by atoms with E-state index in [0.717, 1.165) is 4.31 Å². The molecule has 0 heterocycles. The van der Waals surface area contributed by atoms with Gasteiger partial charge in [0.15, 0.2) is 0 Å². The number of nitriles is 1. The van der Waals surface area contributed by atoms with E-state index in [1.165, 1.54) is 7.05 Å². The molecule has 0 aliphatic heterocycles. The van der Waals surface area contributed by atoms with Crippen molar-refractivity contribution in [3.63, 3.8) is 0 Å². The zero-order valence-corrected chi connectivity index (χ0v) is 10.2. The molecule has 16 heavy (non-hydrogen) atoms. The Morgan fingerprint density at radius 1 is 1.56 bits per heavy atom. The monoisotopic (exact) mass is 248 g/mol. The van der Waals surface area contributed by atoms with Gasteiger partial charge in [-0.15, -0.1) is 0 Å². The minimum atomic E-state index is -3.44. The Morgan fingerprint density at radius 3 is 2.56 bits per heavy atom. The number of hydrogen-bond donors (Lipinski definition) is 1. The van der Waals surface area contributed by atoms with Crippen molar-refractivity contribution in [3.8, 4) is 6.07 Å². The summed E-state index contributed by atoms with van der Waals surface area (Å²) in [4.78, 5) is 10.2. The highest BCUT2D eigenvalue weighted by Gasteiger charge is 2.19. The van der Waals surface area contributed by atoms with Crippen LogP contribution in [0.5, 0.6) is 0 Å². The Hall–Kier alpha value is -1.13. The molecule has 0 aromatic heterocycles. The molecule has 92 valence electrons. The van der Waals surface area contributed by atoms with Crippen molar-refractivity contribution in [2.75, 3.05) is 19.3 Å². The molecule has 0 amide bonds. The Bertz CT molecular complexity index is 371. The minimum Gasteiger partial charge on any atom is -0.481 e. The topological polar surface area (TPSA) is 98.5 Å². The summed E-state index contributed by atoms with van der Waals surface area (Å²) in [5, 5.41) is 16.9. The van der Waals surface area contributed by atoms with Crippen LogP contribution in [0.3, 0.4) is 0 Å². The predicted molar refractivity (Wildman–Crippen MR) is 58.1 cm³/mol. The Labute approximate surface area is 95.5 Å². The summed E-state index contributed by atoms with van der Waals surface area (Å²) in [6.07, 6.45) is -0.0795. The molecule has 0 saturated carbocycles. The van der Waals surface area contributed by atoms with Crippen molar-refractivity contribution in [1.82, 2.24) is 4.31 Å². The van der Waals surface area contributed by atoms with Gasteiger partial charge in [-0.25, -0.2) is 12.7 Å². The normalized spacial score (nSPS) is 13.4. The second kappa shape index (κ2) is 6.45. The first-order valence-corrected chi connectivity index (χ1v) is 6.46. The zero-order valence-electron chi connectivity index (χ0n) is 9.38. The number of carbonyl (C=O) groups is 1. The summed E-state index contributed by atoms with van der Waals surface area (Å²) >= 11 is 0. The third-order valence-corrected chi connectivity index (χ3v) is 3.92. The minimum absolute atomic E-state index is 0.0863. The number of carboxylic acid groups (broad SMARTS) is 1. The summed E-state index contributed by atoms with van der Waals surface area (Å²) < 4.78 is 24.3. The average Bonchev–Trinajstić information content (AvgIpc) is 2.16. The molecule has 0 aliphatic carbocycles. The largest absolute Gasteiger partial charge is 0.481 e. The van der Waals surface area contributed by atoms with Crippen LogP contribution in [0.1, 0.15) is 19.8 Å². The van der Waals surface area contributed by atoms with E-state index in [0.29, 0.717) is 0 Å². The summed E-state index contributed by atoms with van der Waals surface area (Å²) in [5.74, 6) is -1.59. The van der Waals surface area contributed by atoms with Crippen LogP contribution in [0.25, 0.3) is 0 Å². The van der Waals surface area contributed by atoms with E-state index >= 15 is 0 Å². The van der Waals surface area contributed by atoms with Gasteiger partial charge in [-0.3, -0.25) is 4.79 Å². The summed E-state index contributed by atoms with van der Waals surface area (Å²) in [6, 6.07) is 1.94. The average molecular weight is 248 g/mol. The first-order valence-electron chi connectivity index (χ1n) is 4.85. The lowest BCUT2D eigenvalue weighted by atomic mass is 10.2. The Morgan fingerprint density at radius 2 is 2.12 bits per heavy atom. The van der Waals surface area contributed by atoms with Crippen LogP contribution in [-0.4, -0.2) is 43.1 Å². The number of aliphatic carboxylic acids is 1. The molecule has 0 rings (SSSR count). The number of hydrogen-bond acceptors (Lipinski definition) is 4. The number of nitrogens with zero attached hydrogens (tertiary/aromatic N) is 2. The maximum atomic E-state index is 11.6. The van der Waals surface area contributed by atoms with Crippen LogP contribution in [-0.2, 0) is 14.8 Å². The standard InChI is InChI=1S/C9H16N2O4S/c1-8(6-10)7-11(2)16(14,15)5-3-4-9(12)13/h8H,3-5,7H2,1-2H3,(H,12,13). The van der Waals surface area contributed by atoms with Crippen LogP contribution in [0.15, 0.2) is 0 Å². The maximum Gasteiger partial charge on any atom is 0.303 e. The van der Waals surface area contributed by atoms with E-state index in [2.05, 4.69) is 0 Å². The molecular weight excluding hydrogens is 232 g/mol. The highest BCUT2D eigenvalue weighted by Crippen LogP contribution is 2.06. The molecule has 7 heteroatoms. The molecule has 0 saturated heterocycles. The molecule has 1 atom stereocenters. The fraction of sp³-hybridized carbons (Fsp3) is 0.778. The van der Waals surface area contributed by atoms with Gasteiger partial charge in [-0.1, -0.05) is 0 Å². The fourth-order valence-electron chi connectivity index (χ4n) is 1.10. The highest BCUT2D eigenvalue weighted by molar-refractivity contribution is 7.89. The summed E-state index contributed by atoms with van der Waals surface area (Å²) in [5.41, 5.74) is 0. The SMILES string of the molecule is CC(C#N)CN(C)S(=O)(=O)CCCC(=O)O. The van der Waals surface area contributed by atoms with E-state index in [9.17, 15) is 13.2 Å². The second-order valence-corrected chi connectivity index (χ2v) is 5.82. The molecule has 0 fully saturated rings. The van der Waals surface area contributed by atoms with Gasteiger partial charge in [0.1, 0.15) is 0 Å². The molecule has 0 spiro atoms. The first kappa shape index (κ1) is 14.9. The van der Waals surface area contributed by atoms with E-state index in [1.54, 1.807) is 6.92 Å². The van der Waals surface area contributed by atoms with Gasteiger partial charge >= 0.3 is 5.97 Å².